The van der Waals surface area contributed by atoms with Crippen LogP contribution in [0.5, 0.6) is 0 Å². The molecule has 2 aliphatic rings. The van der Waals surface area contributed by atoms with Crippen molar-refractivity contribution in [3.05, 3.63) is 54.5 Å². The van der Waals surface area contributed by atoms with Gasteiger partial charge in [0, 0.05) is 66.1 Å². The molecule has 0 N–H and O–H groups in total. The molecule has 1 saturated heterocycles. The van der Waals surface area contributed by atoms with E-state index >= 15 is 0 Å². The van der Waals surface area contributed by atoms with Crippen molar-refractivity contribution in [3.63, 3.8) is 0 Å². The zero-order valence-electron chi connectivity index (χ0n) is 16.6. The van der Waals surface area contributed by atoms with E-state index in [4.69, 9.17) is 4.74 Å². The minimum Gasteiger partial charge on any atom is -0.379 e. The van der Waals surface area contributed by atoms with Crippen molar-refractivity contribution in [2.45, 2.75) is 25.3 Å². The van der Waals surface area contributed by atoms with Crippen molar-refractivity contribution < 1.29 is 13.9 Å². The monoisotopic (exact) mass is 406 g/mol. The van der Waals surface area contributed by atoms with E-state index in [1.54, 1.807) is 18.6 Å². The van der Waals surface area contributed by atoms with E-state index in [1.807, 2.05) is 12.1 Å². The van der Waals surface area contributed by atoms with Crippen molar-refractivity contribution in [2.24, 2.45) is 5.92 Å². The number of halogens is 1. The molecule has 30 heavy (non-hydrogen) atoms. The largest absolute Gasteiger partial charge is 0.379 e. The van der Waals surface area contributed by atoms with Gasteiger partial charge in [0.15, 0.2) is 0 Å². The molecule has 4 heterocycles. The minimum atomic E-state index is -0.385. The number of rotatable bonds is 5. The third kappa shape index (κ3) is 3.95. The summed E-state index contributed by atoms with van der Waals surface area (Å²) in [5.74, 6) is -0.00698. The molecule has 1 aliphatic heterocycles. The molecule has 3 aromatic rings. The second-order valence-electron chi connectivity index (χ2n) is 8.10. The normalized spacial score (nSPS) is 22.0. The summed E-state index contributed by atoms with van der Waals surface area (Å²) in [4.78, 5) is 27.9. The molecule has 0 aromatic carbocycles. The quantitative estimate of drug-likeness (QED) is 0.649. The second-order valence-corrected chi connectivity index (χ2v) is 8.10. The Hall–Kier alpha value is -2.77. The Morgan fingerprint density at radius 1 is 1.03 bits per heavy atom. The summed E-state index contributed by atoms with van der Waals surface area (Å²) in [7, 11) is 0. The van der Waals surface area contributed by atoms with Gasteiger partial charge in [-0.1, -0.05) is 0 Å². The fraction of sp³-hybridized carbons (Fsp3) is 0.391. The summed E-state index contributed by atoms with van der Waals surface area (Å²) in [6.07, 6.45) is 8.38. The number of fused-ring (bicyclic) bond motifs is 1. The highest BCUT2D eigenvalue weighted by Crippen LogP contribution is 2.33. The number of nitrogens with zero attached hydrogens (tertiary/aromatic N) is 4. The first kappa shape index (κ1) is 19.2. The SMILES string of the molecule is O=C(Cc1cc2cc(-c3cncc(F)c3)cnc2cn1)C1CC(N2CCOCC2)C1. The van der Waals surface area contributed by atoms with Crippen LogP contribution in [0.1, 0.15) is 18.5 Å². The summed E-state index contributed by atoms with van der Waals surface area (Å²) in [5, 5.41) is 0.884. The van der Waals surface area contributed by atoms with Gasteiger partial charge in [0.1, 0.15) is 11.6 Å². The maximum absolute atomic E-state index is 13.5. The number of morpholine rings is 1. The van der Waals surface area contributed by atoms with E-state index in [2.05, 4.69) is 19.9 Å². The lowest BCUT2D eigenvalue weighted by atomic mass is 9.75. The lowest BCUT2D eigenvalue weighted by Crippen LogP contribution is -2.51. The van der Waals surface area contributed by atoms with Gasteiger partial charge in [0.05, 0.1) is 31.1 Å². The first-order chi connectivity index (χ1) is 14.7. The molecule has 0 unspecified atom stereocenters. The molecule has 6 nitrogen and oxygen atoms in total. The highest BCUT2D eigenvalue weighted by molar-refractivity contribution is 5.86. The minimum absolute atomic E-state index is 0.123. The van der Waals surface area contributed by atoms with Crippen molar-refractivity contribution in [3.8, 4) is 11.1 Å². The lowest BCUT2D eigenvalue weighted by molar-refractivity contribution is -0.127. The van der Waals surface area contributed by atoms with Crippen LogP contribution >= 0.6 is 0 Å². The number of carbonyl (C=O) groups excluding carboxylic acids is 1. The summed E-state index contributed by atoms with van der Waals surface area (Å²) < 4.78 is 18.9. The summed E-state index contributed by atoms with van der Waals surface area (Å²) in [6.45, 7) is 3.51. The highest BCUT2D eigenvalue weighted by Gasteiger charge is 2.38. The molecule has 0 amide bonds. The molecule has 7 heteroatoms. The van der Waals surface area contributed by atoms with E-state index in [1.165, 1.54) is 12.3 Å². The Morgan fingerprint density at radius 3 is 2.63 bits per heavy atom. The Bertz CT molecular complexity index is 1080. The molecule has 5 rings (SSSR count). The fourth-order valence-corrected chi connectivity index (χ4v) is 4.32. The molecular weight excluding hydrogens is 383 g/mol. The van der Waals surface area contributed by atoms with Gasteiger partial charge in [0.2, 0.25) is 0 Å². The molecule has 1 aliphatic carbocycles. The number of hydrogen-bond acceptors (Lipinski definition) is 6. The Balaban J connectivity index is 1.27. The van der Waals surface area contributed by atoms with Crippen LogP contribution in [0.4, 0.5) is 4.39 Å². The zero-order valence-corrected chi connectivity index (χ0v) is 16.6. The lowest BCUT2D eigenvalue weighted by Gasteiger charge is -2.43. The summed E-state index contributed by atoms with van der Waals surface area (Å²) >= 11 is 0. The van der Waals surface area contributed by atoms with Crippen molar-refractivity contribution >= 4 is 16.7 Å². The third-order valence-corrected chi connectivity index (χ3v) is 6.15. The van der Waals surface area contributed by atoms with Gasteiger partial charge in [-0.05, 0) is 31.0 Å². The van der Waals surface area contributed by atoms with Crippen LogP contribution in [-0.4, -0.2) is 58.0 Å². The topological polar surface area (TPSA) is 68.2 Å². The van der Waals surface area contributed by atoms with Crippen LogP contribution in [0.2, 0.25) is 0 Å². The molecule has 0 atom stereocenters. The molecule has 2 fully saturated rings. The van der Waals surface area contributed by atoms with Gasteiger partial charge in [-0.3, -0.25) is 24.6 Å². The molecular formula is C23H23FN4O2. The van der Waals surface area contributed by atoms with E-state index in [9.17, 15) is 9.18 Å². The summed E-state index contributed by atoms with van der Waals surface area (Å²) in [6, 6.07) is 5.79. The average molecular weight is 406 g/mol. The van der Waals surface area contributed by atoms with Gasteiger partial charge in [-0.15, -0.1) is 0 Å². The smallest absolute Gasteiger partial charge is 0.142 e. The molecule has 3 aromatic heterocycles. The maximum atomic E-state index is 13.5. The van der Waals surface area contributed by atoms with Crippen molar-refractivity contribution in [2.75, 3.05) is 26.3 Å². The highest BCUT2D eigenvalue weighted by atomic mass is 19.1. The Morgan fingerprint density at radius 2 is 1.83 bits per heavy atom. The van der Waals surface area contributed by atoms with E-state index in [0.717, 1.165) is 61.3 Å². The van der Waals surface area contributed by atoms with Gasteiger partial charge in [-0.2, -0.15) is 0 Å². The van der Waals surface area contributed by atoms with Gasteiger partial charge in [0.25, 0.3) is 0 Å². The standard InChI is InChI=1S/C23H23FN4O2/c24-19-6-18(11-25-13-19)17-5-15-7-20(26-14-22(15)27-12-17)10-23(29)16-8-21(9-16)28-1-3-30-4-2-28/h5-7,11-14,16,21H,1-4,8-10H2. The van der Waals surface area contributed by atoms with Crippen molar-refractivity contribution in [1.29, 1.82) is 0 Å². The first-order valence-corrected chi connectivity index (χ1v) is 10.4. The zero-order chi connectivity index (χ0) is 20.5. The van der Waals surface area contributed by atoms with E-state index in [0.29, 0.717) is 18.0 Å². The average Bonchev–Trinajstić information content (AvgIpc) is 2.73. The number of ketones is 1. The van der Waals surface area contributed by atoms with E-state index in [-0.39, 0.29) is 17.5 Å². The fourth-order valence-electron chi connectivity index (χ4n) is 4.32. The van der Waals surface area contributed by atoms with Gasteiger partial charge >= 0.3 is 0 Å². The van der Waals surface area contributed by atoms with Crippen LogP contribution in [0.25, 0.3) is 22.0 Å². The van der Waals surface area contributed by atoms with Crippen molar-refractivity contribution in [1.82, 2.24) is 19.9 Å². The van der Waals surface area contributed by atoms with Gasteiger partial charge in [-0.25, -0.2) is 4.39 Å². The number of aromatic nitrogens is 3. The predicted molar refractivity (Wildman–Crippen MR) is 110 cm³/mol. The Kier molecular flexibility index (Phi) is 5.23. The van der Waals surface area contributed by atoms with Crippen LogP contribution in [0.3, 0.4) is 0 Å². The van der Waals surface area contributed by atoms with Crippen LogP contribution in [0.15, 0.2) is 43.0 Å². The first-order valence-electron chi connectivity index (χ1n) is 10.4. The van der Waals surface area contributed by atoms with E-state index < -0.39 is 0 Å². The number of ether oxygens (including phenoxy) is 1. The number of hydrogen-bond donors (Lipinski definition) is 0. The molecule has 0 spiro atoms. The second kappa shape index (κ2) is 8.16. The number of pyridine rings is 3. The maximum Gasteiger partial charge on any atom is 0.142 e. The number of Topliss-reactive ketones (excluding diaryl/α,β-unsaturated/α-hetero) is 1. The molecule has 154 valence electrons. The summed E-state index contributed by atoms with van der Waals surface area (Å²) in [5.41, 5.74) is 2.95. The van der Waals surface area contributed by atoms with Crippen LogP contribution in [-0.2, 0) is 16.0 Å². The molecule has 0 bridgehead atoms. The van der Waals surface area contributed by atoms with Crippen LogP contribution in [0, 0.1) is 11.7 Å². The number of carbonyl (C=O) groups is 1. The Labute approximate surface area is 174 Å². The third-order valence-electron chi connectivity index (χ3n) is 6.15. The van der Waals surface area contributed by atoms with Crippen LogP contribution < -0.4 is 0 Å². The molecule has 1 saturated carbocycles. The predicted octanol–water partition coefficient (Wildman–Crippen LogP) is 3.05. The van der Waals surface area contributed by atoms with Gasteiger partial charge < -0.3 is 4.74 Å². The molecule has 0 radical (unpaired) electrons.